The van der Waals surface area contributed by atoms with Crippen LogP contribution in [0.1, 0.15) is 31.9 Å². The number of fused-ring (bicyclic) bond motifs is 1. The van der Waals surface area contributed by atoms with Crippen LogP contribution < -0.4 is 10.3 Å². The summed E-state index contributed by atoms with van der Waals surface area (Å²) in [6, 6.07) is 11.3. The predicted octanol–water partition coefficient (Wildman–Crippen LogP) is 5.09. The van der Waals surface area contributed by atoms with Gasteiger partial charge in [-0.25, -0.2) is 18.4 Å². The molecule has 5 nitrogen and oxygen atoms in total. The highest BCUT2D eigenvalue weighted by molar-refractivity contribution is 5.82. The van der Waals surface area contributed by atoms with Crippen LogP contribution in [0.3, 0.4) is 0 Å². The summed E-state index contributed by atoms with van der Waals surface area (Å²) in [6.07, 6.45) is 3.03. The number of ether oxygens (including phenoxy) is 1. The average Bonchev–Trinajstić information content (AvgIpc) is 2.76. The lowest BCUT2D eigenvalue weighted by atomic mass is 9.86. The molecule has 0 atom stereocenters. The van der Waals surface area contributed by atoms with Gasteiger partial charge in [0.1, 0.15) is 11.6 Å². The fraction of sp³-hybridized carbons (Fsp3) is 0.240. The molecule has 2 aromatic heterocycles. The Labute approximate surface area is 184 Å². The first-order valence-electron chi connectivity index (χ1n) is 10.2. The van der Waals surface area contributed by atoms with E-state index in [4.69, 9.17) is 4.74 Å². The second-order valence-corrected chi connectivity index (χ2v) is 8.67. The van der Waals surface area contributed by atoms with Crippen molar-refractivity contribution >= 4 is 10.8 Å². The van der Waals surface area contributed by atoms with Crippen molar-refractivity contribution in [3.63, 3.8) is 0 Å². The van der Waals surface area contributed by atoms with Gasteiger partial charge in [-0.3, -0.25) is 4.79 Å². The van der Waals surface area contributed by atoms with E-state index in [0.717, 1.165) is 15.8 Å². The van der Waals surface area contributed by atoms with Crippen molar-refractivity contribution in [3.05, 3.63) is 88.0 Å². The first kappa shape index (κ1) is 21.6. The predicted molar refractivity (Wildman–Crippen MR) is 120 cm³/mol. The molecule has 2 heterocycles. The van der Waals surface area contributed by atoms with E-state index >= 15 is 0 Å². The molecule has 0 unspecified atom stereocenters. The summed E-state index contributed by atoms with van der Waals surface area (Å²) in [5.41, 5.74) is 1.58. The molecule has 0 radical (unpaired) electrons. The van der Waals surface area contributed by atoms with Gasteiger partial charge < -0.3 is 4.74 Å². The van der Waals surface area contributed by atoms with E-state index in [1.807, 2.05) is 20.8 Å². The number of aromatic nitrogens is 3. The molecular formula is C25H23F2N3O2. The van der Waals surface area contributed by atoms with E-state index in [9.17, 15) is 13.6 Å². The van der Waals surface area contributed by atoms with Gasteiger partial charge in [0.25, 0.3) is 5.56 Å². The molecule has 0 spiro atoms. The zero-order chi connectivity index (χ0) is 23.0. The molecule has 0 aliphatic carbocycles. The second kappa shape index (κ2) is 8.15. The summed E-state index contributed by atoms with van der Waals surface area (Å²) in [5, 5.41) is 4.54. The lowest BCUT2D eigenvalue weighted by molar-refractivity contribution is 0.398. The summed E-state index contributed by atoms with van der Waals surface area (Å²) in [7, 11) is 1.51. The van der Waals surface area contributed by atoms with Gasteiger partial charge >= 0.3 is 0 Å². The third kappa shape index (κ3) is 4.10. The second-order valence-electron chi connectivity index (χ2n) is 8.67. The SMILES string of the molecule is COc1cc(-c2ccc(Cn3ncc4cc(C(C)(C)C)cc(F)c4c3=O)c(F)c2)ccn1. The van der Waals surface area contributed by atoms with Crippen LogP contribution in [-0.4, -0.2) is 21.9 Å². The van der Waals surface area contributed by atoms with E-state index in [1.165, 1.54) is 25.4 Å². The van der Waals surface area contributed by atoms with Crippen LogP contribution in [0.25, 0.3) is 21.9 Å². The maximum Gasteiger partial charge on any atom is 0.277 e. The molecule has 7 heteroatoms. The van der Waals surface area contributed by atoms with Crippen molar-refractivity contribution in [2.75, 3.05) is 7.11 Å². The first-order valence-corrected chi connectivity index (χ1v) is 10.2. The van der Waals surface area contributed by atoms with Crippen LogP contribution in [0.15, 0.2) is 59.7 Å². The molecule has 0 fully saturated rings. The third-order valence-electron chi connectivity index (χ3n) is 5.42. The standard InChI is InChI=1S/C25H23F2N3O2/c1-25(2,3)19-9-18-13-29-30(24(31)23(18)21(27)12-19)14-17-6-5-15(10-20(17)26)16-7-8-28-22(11-16)32-4/h5-13H,14H2,1-4H3. The minimum Gasteiger partial charge on any atom is -0.481 e. The average molecular weight is 435 g/mol. The van der Waals surface area contributed by atoms with Gasteiger partial charge in [-0.05, 0) is 46.4 Å². The van der Waals surface area contributed by atoms with Gasteiger partial charge in [0, 0.05) is 23.2 Å². The molecule has 2 aromatic carbocycles. The highest BCUT2D eigenvalue weighted by Gasteiger charge is 2.19. The van der Waals surface area contributed by atoms with Crippen molar-refractivity contribution in [1.82, 2.24) is 14.8 Å². The maximum absolute atomic E-state index is 14.8. The smallest absolute Gasteiger partial charge is 0.277 e. The molecule has 0 aliphatic heterocycles. The first-order chi connectivity index (χ1) is 15.2. The number of methoxy groups -OCH3 is 1. The Hall–Kier alpha value is -3.61. The van der Waals surface area contributed by atoms with E-state index in [2.05, 4.69) is 10.1 Å². The van der Waals surface area contributed by atoms with Crippen molar-refractivity contribution < 1.29 is 13.5 Å². The van der Waals surface area contributed by atoms with Gasteiger partial charge in [0.2, 0.25) is 5.88 Å². The van der Waals surface area contributed by atoms with Crippen LogP contribution in [0.4, 0.5) is 8.78 Å². The molecule has 0 amide bonds. The Kier molecular flexibility index (Phi) is 5.50. The molecule has 4 aromatic rings. The van der Waals surface area contributed by atoms with Gasteiger partial charge in [0.05, 0.1) is 25.2 Å². The highest BCUT2D eigenvalue weighted by Crippen LogP contribution is 2.27. The Balaban J connectivity index is 1.69. The van der Waals surface area contributed by atoms with Crippen molar-refractivity contribution in [1.29, 1.82) is 0 Å². The molecule has 0 saturated carbocycles. The normalized spacial score (nSPS) is 11.7. The Morgan fingerprint density at radius 1 is 1.00 bits per heavy atom. The molecule has 0 bridgehead atoms. The maximum atomic E-state index is 14.8. The molecule has 4 rings (SSSR count). The third-order valence-corrected chi connectivity index (χ3v) is 5.42. The molecule has 0 N–H and O–H groups in total. The minimum atomic E-state index is -0.601. The number of benzene rings is 2. The summed E-state index contributed by atoms with van der Waals surface area (Å²) in [6.45, 7) is 5.80. The largest absolute Gasteiger partial charge is 0.481 e. The highest BCUT2D eigenvalue weighted by atomic mass is 19.1. The van der Waals surface area contributed by atoms with Crippen molar-refractivity contribution in [2.24, 2.45) is 0 Å². The number of hydrogen-bond donors (Lipinski definition) is 0. The fourth-order valence-electron chi connectivity index (χ4n) is 3.53. The van der Waals surface area contributed by atoms with Crippen LogP contribution in [0.2, 0.25) is 0 Å². The van der Waals surface area contributed by atoms with Gasteiger partial charge in [-0.1, -0.05) is 32.9 Å². The van der Waals surface area contributed by atoms with Gasteiger partial charge in [-0.2, -0.15) is 5.10 Å². The van der Waals surface area contributed by atoms with Crippen LogP contribution in [-0.2, 0) is 12.0 Å². The Morgan fingerprint density at radius 2 is 1.75 bits per heavy atom. The van der Waals surface area contributed by atoms with E-state index in [1.54, 1.807) is 36.5 Å². The van der Waals surface area contributed by atoms with Crippen molar-refractivity contribution in [3.8, 4) is 17.0 Å². The van der Waals surface area contributed by atoms with Crippen molar-refractivity contribution in [2.45, 2.75) is 32.7 Å². The van der Waals surface area contributed by atoms with E-state index < -0.39 is 17.2 Å². The lowest BCUT2D eigenvalue weighted by Gasteiger charge is -2.19. The summed E-state index contributed by atoms with van der Waals surface area (Å²) in [5.74, 6) is -0.665. The molecular weight excluding hydrogens is 412 g/mol. The zero-order valence-electron chi connectivity index (χ0n) is 18.3. The monoisotopic (exact) mass is 435 g/mol. The number of halogens is 2. The number of pyridine rings is 1. The lowest BCUT2D eigenvalue weighted by Crippen LogP contribution is -2.25. The molecule has 0 saturated heterocycles. The number of rotatable bonds is 4. The van der Waals surface area contributed by atoms with Crippen LogP contribution in [0.5, 0.6) is 5.88 Å². The van der Waals surface area contributed by atoms with Crippen LogP contribution >= 0.6 is 0 Å². The topological polar surface area (TPSA) is 57.0 Å². The Morgan fingerprint density at radius 3 is 2.44 bits per heavy atom. The minimum absolute atomic E-state index is 0.0473. The van der Waals surface area contributed by atoms with E-state index in [-0.39, 0.29) is 22.9 Å². The molecule has 32 heavy (non-hydrogen) atoms. The Bertz CT molecular complexity index is 1370. The number of nitrogens with zero attached hydrogens (tertiary/aromatic N) is 3. The van der Waals surface area contributed by atoms with E-state index in [0.29, 0.717) is 16.8 Å². The van der Waals surface area contributed by atoms with Crippen LogP contribution in [0, 0.1) is 11.6 Å². The zero-order valence-corrected chi connectivity index (χ0v) is 18.3. The summed E-state index contributed by atoms with van der Waals surface area (Å²) in [4.78, 5) is 16.9. The molecule has 0 aliphatic rings. The molecule has 164 valence electrons. The fourth-order valence-corrected chi connectivity index (χ4v) is 3.53. The summed E-state index contributed by atoms with van der Waals surface area (Å²) < 4.78 is 35.8. The van der Waals surface area contributed by atoms with Gasteiger partial charge in [0.15, 0.2) is 0 Å². The summed E-state index contributed by atoms with van der Waals surface area (Å²) >= 11 is 0. The quantitative estimate of drug-likeness (QED) is 0.448. The van der Waals surface area contributed by atoms with Gasteiger partial charge in [-0.15, -0.1) is 0 Å². The number of hydrogen-bond acceptors (Lipinski definition) is 4.